The van der Waals surface area contributed by atoms with Crippen molar-refractivity contribution in [3.05, 3.63) is 42.1 Å². The number of nitrogens with one attached hydrogen (secondary N) is 1. The lowest BCUT2D eigenvalue weighted by molar-refractivity contribution is -0.116. The number of carbonyl (C=O) groups is 1. The summed E-state index contributed by atoms with van der Waals surface area (Å²) in [6.07, 6.45) is 2.69. The van der Waals surface area contributed by atoms with Crippen LogP contribution < -0.4 is 19.7 Å². The predicted molar refractivity (Wildman–Crippen MR) is 104 cm³/mol. The van der Waals surface area contributed by atoms with Gasteiger partial charge in [0.2, 0.25) is 5.91 Å². The second-order valence-electron chi connectivity index (χ2n) is 6.24. The van der Waals surface area contributed by atoms with E-state index in [9.17, 15) is 4.79 Å². The van der Waals surface area contributed by atoms with Crippen LogP contribution in [0.3, 0.4) is 0 Å². The molecule has 1 aromatic carbocycles. The maximum absolute atomic E-state index is 12.2. The average Bonchev–Trinajstić information content (AvgIpc) is 2.73. The maximum atomic E-state index is 12.2. The van der Waals surface area contributed by atoms with Crippen molar-refractivity contribution >= 4 is 17.4 Å². The summed E-state index contributed by atoms with van der Waals surface area (Å²) in [5, 5.41) is 2.89. The van der Waals surface area contributed by atoms with Crippen LogP contribution >= 0.6 is 0 Å². The van der Waals surface area contributed by atoms with Gasteiger partial charge in [-0.3, -0.25) is 4.79 Å². The third-order valence-corrected chi connectivity index (χ3v) is 4.46. The number of anilines is 2. The fraction of sp³-hybridized carbons (Fsp3) is 0.400. The monoisotopic (exact) mass is 371 g/mol. The molecule has 1 N–H and O–H groups in total. The number of nitrogens with zero attached hydrogens (tertiary/aromatic N) is 2. The zero-order valence-corrected chi connectivity index (χ0v) is 15.7. The van der Waals surface area contributed by atoms with Crippen LogP contribution in [0.2, 0.25) is 0 Å². The molecule has 7 nitrogen and oxygen atoms in total. The largest absolute Gasteiger partial charge is 0.493 e. The van der Waals surface area contributed by atoms with Gasteiger partial charge in [-0.05, 0) is 36.2 Å². The number of aryl methyl sites for hydroxylation is 1. The van der Waals surface area contributed by atoms with E-state index in [0.29, 0.717) is 30.0 Å². The summed E-state index contributed by atoms with van der Waals surface area (Å²) in [6, 6.07) is 9.49. The lowest BCUT2D eigenvalue weighted by atomic mass is 10.1. The van der Waals surface area contributed by atoms with Gasteiger partial charge in [0.15, 0.2) is 11.5 Å². The highest BCUT2D eigenvalue weighted by Gasteiger charge is 2.12. The SMILES string of the molecule is COc1ccc(CCC(=O)Nc2ccc(N3CCOCC3)nc2)cc1OC. The minimum atomic E-state index is -0.0503. The number of hydrogen-bond acceptors (Lipinski definition) is 6. The Balaban J connectivity index is 1.51. The smallest absolute Gasteiger partial charge is 0.224 e. The number of morpholine rings is 1. The highest BCUT2D eigenvalue weighted by Crippen LogP contribution is 2.28. The van der Waals surface area contributed by atoms with Crippen LogP contribution in [0.15, 0.2) is 36.5 Å². The number of pyridine rings is 1. The lowest BCUT2D eigenvalue weighted by Crippen LogP contribution is -2.36. The third kappa shape index (κ3) is 5.10. The Labute approximate surface area is 159 Å². The van der Waals surface area contributed by atoms with E-state index in [0.717, 1.165) is 37.7 Å². The molecule has 0 radical (unpaired) electrons. The molecule has 1 aliphatic heterocycles. The van der Waals surface area contributed by atoms with Gasteiger partial charge < -0.3 is 24.4 Å². The van der Waals surface area contributed by atoms with Crippen molar-refractivity contribution in [1.29, 1.82) is 0 Å². The number of aromatic nitrogens is 1. The van der Waals surface area contributed by atoms with E-state index in [1.807, 2.05) is 30.3 Å². The fourth-order valence-corrected chi connectivity index (χ4v) is 2.96. The fourth-order valence-electron chi connectivity index (χ4n) is 2.96. The molecule has 0 atom stereocenters. The molecular formula is C20H25N3O4. The summed E-state index contributed by atoms with van der Waals surface area (Å²) in [7, 11) is 3.20. The number of benzene rings is 1. The standard InChI is InChI=1S/C20H25N3O4/c1-25-17-6-3-15(13-18(17)26-2)4-8-20(24)22-16-5-7-19(21-14-16)23-9-11-27-12-10-23/h3,5-7,13-14H,4,8-12H2,1-2H3,(H,22,24). The zero-order valence-electron chi connectivity index (χ0n) is 15.7. The summed E-state index contributed by atoms with van der Waals surface area (Å²) in [4.78, 5) is 18.8. The summed E-state index contributed by atoms with van der Waals surface area (Å²) in [6.45, 7) is 3.11. The second kappa shape index (κ2) is 9.23. The minimum absolute atomic E-state index is 0.0503. The Morgan fingerprint density at radius 2 is 1.93 bits per heavy atom. The van der Waals surface area contributed by atoms with Crippen LogP contribution in [0.5, 0.6) is 11.5 Å². The molecule has 0 bridgehead atoms. The van der Waals surface area contributed by atoms with Gasteiger partial charge in [-0.2, -0.15) is 0 Å². The summed E-state index contributed by atoms with van der Waals surface area (Å²) in [5.74, 6) is 2.20. The molecule has 144 valence electrons. The molecule has 0 spiro atoms. The molecule has 1 aliphatic rings. The number of hydrogen-bond donors (Lipinski definition) is 1. The first-order valence-corrected chi connectivity index (χ1v) is 8.99. The molecular weight excluding hydrogens is 346 g/mol. The first kappa shape index (κ1) is 19.0. The lowest BCUT2D eigenvalue weighted by Gasteiger charge is -2.27. The van der Waals surface area contributed by atoms with Crippen molar-refractivity contribution in [2.24, 2.45) is 0 Å². The normalized spacial score (nSPS) is 13.9. The first-order valence-electron chi connectivity index (χ1n) is 8.99. The minimum Gasteiger partial charge on any atom is -0.493 e. The van der Waals surface area contributed by atoms with Crippen LogP contribution in [0, 0.1) is 0 Å². The first-order chi connectivity index (χ1) is 13.2. The van der Waals surface area contributed by atoms with Crippen molar-refractivity contribution in [3.8, 4) is 11.5 Å². The van der Waals surface area contributed by atoms with E-state index >= 15 is 0 Å². The number of carbonyl (C=O) groups excluding carboxylic acids is 1. The van der Waals surface area contributed by atoms with Gasteiger partial charge in [0.25, 0.3) is 0 Å². The Bertz CT molecular complexity index is 758. The quantitative estimate of drug-likeness (QED) is 0.806. The van der Waals surface area contributed by atoms with Crippen LogP contribution in [0.4, 0.5) is 11.5 Å². The molecule has 1 amide bonds. The van der Waals surface area contributed by atoms with E-state index in [2.05, 4.69) is 15.2 Å². The number of methoxy groups -OCH3 is 2. The Hall–Kier alpha value is -2.80. The highest BCUT2D eigenvalue weighted by molar-refractivity contribution is 5.90. The van der Waals surface area contributed by atoms with Crippen molar-refractivity contribution in [2.75, 3.05) is 50.7 Å². The van der Waals surface area contributed by atoms with Crippen molar-refractivity contribution in [1.82, 2.24) is 4.98 Å². The molecule has 0 saturated carbocycles. The average molecular weight is 371 g/mol. The van der Waals surface area contributed by atoms with Gasteiger partial charge >= 0.3 is 0 Å². The molecule has 0 aliphatic carbocycles. The summed E-state index contributed by atoms with van der Waals surface area (Å²) in [5.41, 5.74) is 1.72. The number of amides is 1. The molecule has 2 aromatic rings. The van der Waals surface area contributed by atoms with Crippen molar-refractivity contribution in [2.45, 2.75) is 12.8 Å². The number of rotatable bonds is 7. The van der Waals surface area contributed by atoms with Gasteiger partial charge in [0.05, 0.1) is 39.3 Å². The predicted octanol–water partition coefficient (Wildman–Crippen LogP) is 2.51. The molecule has 1 saturated heterocycles. The number of ether oxygens (including phenoxy) is 3. The highest BCUT2D eigenvalue weighted by atomic mass is 16.5. The van der Waals surface area contributed by atoms with Crippen LogP contribution in [-0.2, 0) is 16.0 Å². The molecule has 1 aromatic heterocycles. The maximum Gasteiger partial charge on any atom is 0.224 e. The summed E-state index contributed by atoms with van der Waals surface area (Å²) >= 11 is 0. The third-order valence-electron chi connectivity index (χ3n) is 4.46. The van der Waals surface area contributed by atoms with Crippen LogP contribution in [-0.4, -0.2) is 51.4 Å². The van der Waals surface area contributed by atoms with E-state index in [4.69, 9.17) is 14.2 Å². The zero-order chi connectivity index (χ0) is 19.1. The Kier molecular flexibility index (Phi) is 6.49. The van der Waals surface area contributed by atoms with E-state index in [-0.39, 0.29) is 5.91 Å². The second-order valence-corrected chi connectivity index (χ2v) is 6.24. The van der Waals surface area contributed by atoms with E-state index < -0.39 is 0 Å². The Morgan fingerprint density at radius 3 is 2.59 bits per heavy atom. The molecule has 1 fully saturated rings. The van der Waals surface area contributed by atoms with E-state index in [1.165, 1.54) is 0 Å². The van der Waals surface area contributed by atoms with E-state index in [1.54, 1.807) is 20.4 Å². The van der Waals surface area contributed by atoms with Crippen molar-refractivity contribution in [3.63, 3.8) is 0 Å². The van der Waals surface area contributed by atoms with Crippen LogP contribution in [0.1, 0.15) is 12.0 Å². The van der Waals surface area contributed by atoms with Gasteiger partial charge in [-0.25, -0.2) is 4.98 Å². The molecule has 7 heteroatoms. The molecule has 27 heavy (non-hydrogen) atoms. The van der Waals surface area contributed by atoms with Crippen LogP contribution in [0.25, 0.3) is 0 Å². The Morgan fingerprint density at radius 1 is 1.15 bits per heavy atom. The molecule has 0 unspecified atom stereocenters. The van der Waals surface area contributed by atoms with Crippen molar-refractivity contribution < 1.29 is 19.0 Å². The molecule has 2 heterocycles. The topological polar surface area (TPSA) is 72.9 Å². The molecule has 3 rings (SSSR count). The summed E-state index contributed by atoms with van der Waals surface area (Å²) < 4.78 is 15.9. The van der Waals surface area contributed by atoms with Gasteiger partial charge in [0, 0.05) is 19.5 Å². The van der Waals surface area contributed by atoms with Gasteiger partial charge in [0.1, 0.15) is 5.82 Å². The van der Waals surface area contributed by atoms with Gasteiger partial charge in [-0.1, -0.05) is 6.07 Å². The van der Waals surface area contributed by atoms with Gasteiger partial charge in [-0.15, -0.1) is 0 Å².